The van der Waals surface area contributed by atoms with Crippen LogP contribution in [0.1, 0.15) is 18.2 Å². The Morgan fingerprint density at radius 2 is 2.07 bits per heavy atom. The van der Waals surface area contributed by atoms with Crippen molar-refractivity contribution in [1.82, 2.24) is 19.7 Å². The lowest BCUT2D eigenvalue weighted by Crippen LogP contribution is -2.18. The topological polar surface area (TPSA) is 63.6 Å². The fourth-order valence-electron chi connectivity index (χ4n) is 1.46. The molecular formula is C10H12N4O. The zero-order valence-electron chi connectivity index (χ0n) is 8.69. The molecule has 2 rings (SSSR count). The lowest BCUT2D eigenvalue weighted by atomic mass is 10.2. The summed E-state index contributed by atoms with van der Waals surface area (Å²) >= 11 is 0. The lowest BCUT2D eigenvalue weighted by Gasteiger charge is -1.97. The molecule has 2 heterocycles. The third-order valence-electron chi connectivity index (χ3n) is 2.33. The standard InChI is InChI=1S/C10H12N4O/c1-3-8-7(2)9(15)14(13-8)10-11-5-4-6-12-10/h4-6,13H,3H2,1-2H3. The minimum absolute atomic E-state index is 0.0851. The van der Waals surface area contributed by atoms with E-state index in [0.29, 0.717) is 5.95 Å². The van der Waals surface area contributed by atoms with Gasteiger partial charge in [0.1, 0.15) is 0 Å². The maximum absolute atomic E-state index is 11.8. The Bertz CT molecular complexity index is 512. The Kier molecular flexibility index (Phi) is 2.37. The molecule has 0 aliphatic rings. The summed E-state index contributed by atoms with van der Waals surface area (Å²) in [5.41, 5.74) is 1.57. The van der Waals surface area contributed by atoms with E-state index in [2.05, 4.69) is 15.1 Å². The molecular weight excluding hydrogens is 192 g/mol. The van der Waals surface area contributed by atoms with Crippen molar-refractivity contribution >= 4 is 0 Å². The van der Waals surface area contributed by atoms with E-state index in [1.165, 1.54) is 4.68 Å². The highest BCUT2D eigenvalue weighted by Gasteiger charge is 2.10. The number of nitrogens with one attached hydrogen (secondary N) is 1. The maximum atomic E-state index is 11.8. The van der Waals surface area contributed by atoms with Crippen molar-refractivity contribution in [1.29, 1.82) is 0 Å². The number of hydrogen-bond donors (Lipinski definition) is 1. The van der Waals surface area contributed by atoms with Crippen LogP contribution in [0.5, 0.6) is 0 Å². The number of hydrogen-bond acceptors (Lipinski definition) is 3. The maximum Gasteiger partial charge on any atom is 0.277 e. The van der Waals surface area contributed by atoms with Gasteiger partial charge in [-0.1, -0.05) is 6.92 Å². The van der Waals surface area contributed by atoms with E-state index >= 15 is 0 Å². The molecule has 0 spiro atoms. The number of nitrogens with zero attached hydrogens (tertiary/aromatic N) is 3. The first kappa shape index (κ1) is 9.64. The summed E-state index contributed by atoms with van der Waals surface area (Å²) in [6, 6.07) is 1.71. The molecule has 0 aliphatic carbocycles. The molecule has 1 N–H and O–H groups in total. The van der Waals surface area contributed by atoms with Crippen molar-refractivity contribution in [3.63, 3.8) is 0 Å². The van der Waals surface area contributed by atoms with Gasteiger partial charge in [0.05, 0.1) is 0 Å². The molecule has 0 saturated heterocycles. The summed E-state index contributed by atoms with van der Waals surface area (Å²) in [6.45, 7) is 3.80. The summed E-state index contributed by atoms with van der Waals surface area (Å²) in [5.74, 6) is 0.380. The fourth-order valence-corrected chi connectivity index (χ4v) is 1.46. The SMILES string of the molecule is CCc1[nH]n(-c2ncccn2)c(=O)c1C. The largest absolute Gasteiger partial charge is 0.292 e. The van der Waals surface area contributed by atoms with Gasteiger partial charge >= 0.3 is 0 Å². The summed E-state index contributed by atoms with van der Waals surface area (Å²) < 4.78 is 1.37. The van der Waals surface area contributed by atoms with Gasteiger partial charge in [-0.2, -0.15) is 4.68 Å². The van der Waals surface area contributed by atoms with Gasteiger partial charge in [0.15, 0.2) is 0 Å². The summed E-state index contributed by atoms with van der Waals surface area (Å²) in [6.07, 6.45) is 4.01. The first-order valence-electron chi connectivity index (χ1n) is 4.82. The summed E-state index contributed by atoms with van der Waals surface area (Å²) in [7, 11) is 0. The van der Waals surface area contributed by atoms with Crippen LogP contribution in [0.15, 0.2) is 23.3 Å². The molecule has 0 bridgehead atoms. The van der Waals surface area contributed by atoms with Crippen LogP contribution < -0.4 is 5.56 Å². The third kappa shape index (κ3) is 1.56. The molecule has 0 aliphatic heterocycles. The molecule has 2 aromatic rings. The van der Waals surface area contributed by atoms with Gasteiger partial charge in [0.25, 0.3) is 11.5 Å². The van der Waals surface area contributed by atoms with Crippen molar-refractivity contribution in [3.8, 4) is 5.95 Å². The van der Waals surface area contributed by atoms with E-state index in [1.807, 2.05) is 6.92 Å². The second kappa shape index (κ2) is 3.68. The minimum Gasteiger partial charge on any atom is -0.292 e. The van der Waals surface area contributed by atoms with E-state index in [0.717, 1.165) is 17.7 Å². The highest BCUT2D eigenvalue weighted by atomic mass is 16.1. The number of H-pyrrole nitrogens is 1. The third-order valence-corrected chi connectivity index (χ3v) is 2.33. The Morgan fingerprint density at radius 3 is 2.60 bits per heavy atom. The normalized spacial score (nSPS) is 10.5. The van der Waals surface area contributed by atoms with Crippen LogP contribution in [0.2, 0.25) is 0 Å². The molecule has 5 heteroatoms. The molecule has 2 aromatic heterocycles. The lowest BCUT2D eigenvalue weighted by molar-refractivity contribution is 0.764. The fraction of sp³-hybridized carbons (Fsp3) is 0.300. The Labute approximate surface area is 86.8 Å². The average molecular weight is 204 g/mol. The Morgan fingerprint density at radius 1 is 1.40 bits per heavy atom. The molecule has 0 aromatic carbocycles. The summed E-state index contributed by atoms with van der Waals surface area (Å²) in [5, 5.41) is 2.99. The predicted octanol–water partition coefficient (Wildman–Crippen LogP) is 0.826. The molecule has 0 unspecified atom stereocenters. The predicted molar refractivity (Wildman–Crippen MR) is 56.1 cm³/mol. The van der Waals surface area contributed by atoms with E-state index in [-0.39, 0.29) is 5.56 Å². The van der Waals surface area contributed by atoms with Crippen LogP contribution in [0, 0.1) is 6.92 Å². The number of aryl methyl sites for hydroxylation is 1. The molecule has 78 valence electrons. The summed E-state index contributed by atoms with van der Waals surface area (Å²) in [4.78, 5) is 19.8. The van der Waals surface area contributed by atoms with Gasteiger partial charge in [-0.15, -0.1) is 0 Å². The number of aromatic amines is 1. The van der Waals surface area contributed by atoms with Gasteiger partial charge in [-0.3, -0.25) is 9.89 Å². The zero-order valence-corrected chi connectivity index (χ0v) is 8.69. The van der Waals surface area contributed by atoms with E-state index < -0.39 is 0 Å². The van der Waals surface area contributed by atoms with Gasteiger partial charge in [-0.25, -0.2) is 9.97 Å². The quantitative estimate of drug-likeness (QED) is 0.787. The van der Waals surface area contributed by atoms with Crippen LogP contribution in [0.25, 0.3) is 5.95 Å². The molecule has 5 nitrogen and oxygen atoms in total. The van der Waals surface area contributed by atoms with Gasteiger partial charge < -0.3 is 0 Å². The van der Waals surface area contributed by atoms with Crippen LogP contribution in [0.4, 0.5) is 0 Å². The van der Waals surface area contributed by atoms with Gasteiger partial charge in [0, 0.05) is 23.7 Å². The van der Waals surface area contributed by atoms with Crippen molar-refractivity contribution in [2.45, 2.75) is 20.3 Å². The minimum atomic E-state index is -0.0851. The zero-order chi connectivity index (χ0) is 10.8. The highest BCUT2D eigenvalue weighted by molar-refractivity contribution is 5.20. The number of aromatic nitrogens is 4. The van der Waals surface area contributed by atoms with Crippen LogP contribution in [-0.4, -0.2) is 19.7 Å². The number of rotatable bonds is 2. The molecule has 0 saturated carbocycles. The van der Waals surface area contributed by atoms with E-state index in [4.69, 9.17) is 0 Å². The molecule has 0 atom stereocenters. The first-order chi connectivity index (χ1) is 7.24. The molecule has 0 radical (unpaired) electrons. The van der Waals surface area contributed by atoms with Crippen molar-refractivity contribution in [2.75, 3.05) is 0 Å². The molecule has 0 amide bonds. The highest BCUT2D eigenvalue weighted by Crippen LogP contribution is 2.02. The second-order valence-electron chi connectivity index (χ2n) is 3.26. The van der Waals surface area contributed by atoms with Crippen LogP contribution in [-0.2, 0) is 6.42 Å². The average Bonchev–Trinajstić information content (AvgIpc) is 2.57. The van der Waals surface area contributed by atoms with Gasteiger partial charge in [-0.05, 0) is 19.4 Å². The molecule has 0 fully saturated rings. The van der Waals surface area contributed by atoms with Crippen molar-refractivity contribution in [2.24, 2.45) is 0 Å². The Hall–Kier alpha value is -1.91. The monoisotopic (exact) mass is 204 g/mol. The first-order valence-corrected chi connectivity index (χ1v) is 4.82. The van der Waals surface area contributed by atoms with Gasteiger partial charge in [0.2, 0.25) is 0 Å². The van der Waals surface area contributed by atoms with E-state index in [9.17, 15) is 4.79 Å². The molecule has 15 heavy (non-hydrogen) atoms. The van der Waals surface area contributed by atoms with Crippen molar-refractivity contribution in [3.05, 3.63) is 40.1 Å². The second-order valence-corrected chi connectivity index (χ2v) is 3.26. The Balaban J connectivity index is 2.60. The van der Waals surface area contributed by atoms with Crippen molar-refractivity contribution < 1.29 is 0 Å². The van der Waals surface area contributed by atoms with Crippen LogP contribution >= 0.6 is 0 Å². The van der Waals surface area contributed by atoms with Crippen LogP contribution in [0.3, 0.4) is 0 Å². The smallest absolute Gasteiger partial charge is 0.277 e. The van der Waals surface area contributed by atoms with E-state index in [1.54, 1.807) is 25.4 Å².